The zero-order valence-electron chi connectivity index (χ0n) is 16.1. The molecule has 152 valence electrons. The van der Waals surface area contributed by atoms with E-state index in [9.17, 15) is 19.5 Å². The molecule has 0 saturated carbocycles. The molecule has 0 bridgehead atoms. The van der Waals surface area contributed by atoms with Crippen molar-refractivity contribution in [3.63, 3.8) is 0 Å². The van der Waals surface area contributed by atoms with Crippen LogP contribution in [0.4, 0.5) is 0 Å². The second-order valence-electron chi connectivity index (χ2n) is 5.84. The summed E-state index contributed by atoms with van der Waals surface area (Å²) in [6.07, 6.45) is 0. The number of benzene rings is 1. The smallest absolute Gasteiger partial charge is 0.356 e. The lowest BCUT2D eigenvalue weighted by molar-refractivity contribution is 0.0518. The number of fused-ring (bicyclic) bond motifs is 3. The normalized spacial score (nSPS) is 10.8. The summed E-state index contributed by atoms with van der Waals surface area (Å²) in [6.45, 7) is 1.80. The van der Waals surface area contributed by atoms with Gasteiger partial charge in [0.05, 0.1) is 44.4 Å². The molecule has 0 aliphatic rings. The molecular weight excluding hydrogens is 384 g/mol. The Morgan fingerprint density at radius 1 is 1.07 bits per heavy atom. The van der Waals surface area contributed by atoms with E-state index in [0.29, 0.717) is 5.39 Å². The van der Waals surface area contributed by atoms with Gasteiger partial charge in [-0.2, -0.15) is 0 Å². The highest BCUT2D eigenvalue weighted by Crippen LogP contribution is 2.43. The number of phenolic OH excluding ortho intramolecular Hbond substituents is 1. The summed E-state index contributed by atoms with van der Waals surface area (Å²) in [4.78, 5) is 43.6. The first-order valence-electron chi connectivity index (χ1n) is 8.47. The fraction of sp³-hybridized carbons (Fsp3) is 0.263. The minimum absolute atomic E-state index is 0.0245. The van der Waals surface area contributed by atoms with E-state index in [1.165, 1.54) is 33.5 Å². The van der Waals surface area contributed by atoms with E-state index in [0.717, 1.165) is 0 Å². The van der Waals surface area contributed by atoms with Gasteiger partial charge in [0.1, 0.15) is 16.9 Å². The molecule has 0 atom stereocenters. The quantitative estimate of drug-likeness (QED) is 0.486. The van der Waals surface area contributed by atoms with Gasteiger partial charge in [-0.15, -0.1) is 0 Å². The van der Waals surface area contributed by atoms with E-state index in [1.807, 2.05) is 0 Å². The van der Waals surface area contributed by atoms with Crippen LogP contribution >= 0.6 is 0 Å². The maximum Gasteiger partial charge on any atom is 0.356 e. The molecular formula is C19H18N2O8. The van der Waals surface area contributed by atoms with Crippen molar-refractivity contribution < 1.29 is 38.4 Å². The molecule has 10 nitrogen and oxygen atoms in total. The molecule has 0 radical (unpaired) electrons. The Morgan fingerprint density at radius 2 is 1.76 bits per heavy atom. The number of phenols is 1. The summed E-state index contributed by atoms with van der Waals surface area (Å²) in [7, 11) is 3.66. The first-order chi connectivity index (χ1) is 13.9. The molecule has 2 N–H and O–H groups in total. The fourth-order valence-corrected chi connectivity index (χ4v) is 3.03. The van der Waals surface area contributed by atoms with Crippen LogP contribution in [0.2, 0.25) is 0 Å². The van der Waals surface area contributed by atoms with Crippen LogP contribution < -0.4 is 4.74 Å². The number of esters is 3. The second kappa shape index (κ2) is 7.66. The van der Waals surface area contributed by atoms with E-state index >= 15 is 0 Å². The van der Waals surface area contributed by atoms with E-state index in [-0.39, 0.29) is 45.7 Å². The number of carbonyl (C=O) groups excluding carboxylic acids is 3. The number of aromatic nitrogens is 2. The lowest BCUT2D eigenvalue weighted by atomic mass is 10.0. The number of nitrogens with zero attached hydrogens (tertiary/aromatic N) is 1. The number of rotatable bonds is 5. The fourth-order valence-electron chi connectivity index (χ4n) is 3.03. The molecule has 10 heteroatoms. The first-order valence-corrected chi connectivity index (χ1v) is 8.47. The Balaban J connectivity index is 2.50. The zero-order chi connectivity index (χ0) is 21.3. The Labute approximate surface area is 164 Å². The van der Waals surface area contributed by atoms with Gasteiger partial charge in [-0.05, 0) is 19.1 Å². The van der Waals surface area contributed by atoms with E-state index in [1.54, 1.807) is 6.92 Å². The van der Waals surface area contributed by atoms with Gasteiger partial charge in [-0.3, -0.25) is 0 Å². The van der Waals surface area contributed by atoms with E-state index in [2.05, 4.69) is 9.97 Å². The standard InChI is InChI=1S/C19H18N2O8/c1-5-29-19(25)11-7-9-13-12(15(22)16(26-2)14(9)21-11)8(17(23)27-3)6-10(20-13)18(24)28-4/h6-7,20,22H,5H2,1-4H3. The number of nitrogens with one attached hydrogen (secondary N) is 1. The number of pyridine rings is 1. The molecule has 0 aliphatic heterocycles. The molecule has 3 aromatic rings. The lowest BCUT2D eigenvalue weighted by Gasteiger charge is -2.13. The van der Waals surface area contributed by atoms with Crippen LogP contribution in [0.3, 0.4) is 0 Å². The molecule has 0 saturated heterocycles. The van der Waals surface area contributed by atoms with Gasteiger partial charge in [0, 0.05) is 5.39 Å². The summed E-state index contributed by atoms with van der Waals surface area (Å²) >= 11 is 0. The Kier molecular flexibility index (Phi) is 5.26. The predicted molar refractivity (Wildman–Crippen MR) is 100 cm³/mol. The minimum Gasteiger partial charge on any atom is -0.504 e. The average molecular weight is 402 g/mol. The van der Waals surface area contributed by atoms with Crippen LogP contribution in [-0.2, 0) is 14.2 Å². The van der Waals surface area contributed by atoms with Crippen molar-refractivity contribution >= 4 is 39.7 Å². The molecule has 0 unspecified atom stereocenters. The average Bonchev–Trinajstić information content (AvgIpc) is 3.17. The van der Waals surface area contributed by atoms with Crippen molar-refractivity contribution in [3.8, 4) is 11.5 Å². The van der Waals surface area contributed by atoms with Gasteiger partial charge < -0.3 is 29.0 Å². The van der Waals surface area contributed by atoms with Gasteiger partial charge in [0.25, 0.3) is 0 Å². The Bertz CT molecular complexity index is 1150. The van der Waals surface area contributed by atoms with Gasteiger partial charge in [0.2, 0.25) is 0 Å². The first kappa shape index (κ1) is 19.9. The number of hydrogen-bond acceptors (Lipinski definition) is 9. The summed E-state index contributed by atoms with van der Waals surface area (Å²) in [6, 6.07) is 2.61. The number of aromatic hydroxyl groups is 1. The SMILES string of the molecule is CCOC(=O)c1cc2c(n1)c(OC)c(O)c1c(C(=O)OC)cc(C(=O)OC)[nH]c12. The second-order valence-corrected chi connectivity index (χ2v) is 5.84. The van der Waals surface area contributed by atoms with Crippen molar-refractivity contribution in [1.82, 2.24) is 9.97 Å². The van der Waals surface area contributed by atoms with Crippen LogP contribution in [0.1, 0.15) is 38.3 Å². The van der Waals surface area contributed by atoms with E-state index < -0.39 is 23.7 Å². The summed E-state index contributed by atoms with van der Waals surface area (Å²) < 4.78 is 19.7. The number of aromatic amines is 1. The zero-order valence-corrected chi connectivity index (χ0v) is 16.1. The number of H-pyrrole nitrogens is 1. The molecule has 3 rings (SSSR count). The molecule has 2 aromatic heterocycles. The van der Waals surface area contributed by atoms with Crippen LogP contribution in [0.25, 0.3) is 21.8 Å². The van der Waals surface area contributed by atoms with Crippen LogP contribution in [0.15, 0.2) is 12.1 Å². The molecule has 2 heterocycles. The summed E-state index contributed by atoms with van der Waals surface area (Å²) in [5, 5.41) is 11.2. The van der Waals surface area contributed by atoms with Crippen LogP contribution in [0.5, 0.6) is 11.5 Å². The van der Waals surface area contributed by atoms with Crippen molar-refractivity contribution in [2.75, 3.05) is 27.9 Å². The van der Waals surface area contributed by atoms with Crippen molar-refractivity contribution in [3.05, 3.63) is 29.1 Å². The minimum atomic E-state index is -0.795. The van der Waals surface area contributed by atoms with Gasteiger partial charge in [-0.25, -0.2) is 19.4 Å². The third-order valence-electron chi connectivity index (χ3n) is 4.27. The molecule has 0 amide bonds. The number of ether oxygens (including phenoxy) is 4. The summed E-state index contributed by atoms with van der Waals surface area (Å²) in [5.41, 5.74) is 0.131. The van der Waals surface area contributed by atoms with Gasteiger partial charge >= 0.3 is 17.9 Å². The number of methoxy groups -OCH3 is 3. The Hall–Kier alpha value is -3.82. The van der Waals surface area contributed by atoms with Crippen molar-refractivity contribution in [1.29, 1.82) is 0 Å². The van der Waals surface area contributed by atoms with Crippen LogP contribution in [0, 0.1) is 0 Å². The Morgan fingerprint density at radius 3 is 2.34 bits per heavy atom. The van der Waals surface area contributed by atoms with Crippen molar-refractivity contribution in [2.45, 2.75) is 6.92 Å². The molecule has 0 fully saturated rings. The largest absolute Gasteiger partial charge is 0.504 e. The van der Waals surface area contributed by atoms with Crippen molar-refractivity contribution in [2.24, 2.45) is 0 Å². The third kappa shape index (κ3) is 3.18. The molecule has 29 heavy (non-hydrogen) atoms. The third-order valence-corrected chi connectivity index (χ3v) is 4.27. The van der Waals surface area contributed by atoms with E-state index in [4.69, 9.17) is 18.9 Å². The predicted octanol–water partition coefficient (Wildman–Crippen LogP) is 2.18. The van der Waals surface area contributed by atoms with Crippen LogP contribution in [-0.4, -0.2) is 60.9 Å². The monoisotopic (exact) mass is 402 g/mol. The highest BCUT2D eigenvalue weighted by atomic mass is 16.5. The maximum atomic E-state index is 12.3. The molecule has 0 aliphatic carbocycles. The highest BCUT2D eigenvalue weighted by molar-refractivity contribution is 6.19. The summed E-state index contributed by atoms with van der Waals surface area (Å²) in [5.74, 6) is -2.67. The topological polar surface area (TPSA) is 137 Å². The van der Waals surface area contributed by atoms with Gasteiger partial charge in [-0.1, -0.05) is 0 Å². The highest BCUT2D eigenvalue weighted by Gasteiger charge is 2.26. The van der Waals surface area contributed by atoms with Gasteiger partial charge in [0.15, 0.2) is 11.5 Å². The number of carbonyl (C=O) groups is 3. The maximum absolute atomic E-state index is 12.3. The molecule has 1 aromatic carbocycles. The number of hydrogen-bond donors (Lipinski definition) is 2. The molecule has 0 spiro atoms. The lowest BCUT2D eigenvalue weighted by Crippen LogP contribution is -2.10.